The summed E-state index contributed by atoms with van der Waals surface area (Å²) in [7, 11) is -4.35. The van der Waals surface area contributed by atoms with E-state index in [9.17, 15) is 22.9 Å². The summed E-state index contributed by atoms with van der Waals surface area (Å²) in [6.45, 7) is 0. The van der Waals surface area contributed by atoms with Crippen LogP contribution >= 0.6 is 0 Å². The van der Waals surface area contributed by atoms with Crippen molar-refractivity contribution in [3.63, 3.8) is 0 Å². The van der Waals surface area contributed by atoms with Gasteiger partial charge in [0.05, 0.1) is 16.7 Å². The van der Waals surface area contributed by atoms with Crippen LogP contribution in [0.15, 0.2) is 29.4 Å². The lowest BCUT2D eigenvalue weighted by molar-refractivity contribution is -0.385. The molecule has 1 heterocycles. The van der Waals surface area contributed by atoms with Gasteiger partial charge in [-0.3, -0.25) is 10.1 Å². The topological polar surface area (TPSA) is 144 Å². The number of hydrogen-bond acceptors (Lipinski definition) is 6. The van der Waals surface area contributed by atoms with Crippen LogP contribution in [0, 0.1) is 15.9 Å². The predicted molar refractivity (Wildman–Crippen MR) is 66.9 cm³/mol. The summed E-state index contributed by atoms with van der Waals surface area (Å²) in [4.78, 5) is 14.8. The van der Waals surface area contributed by atoms with Crippen LogP contribution in [0.25, 0.3) is 0 Å². The summed E-state index contributed by atoms with van der Waals surface area (Å²) >= 11 is 0. The summed E-state index contributed by atoms with van der Waals surface area (Å²) in [5.74, 6) is -1.46. The van der Waals surface area contributed by atoms with E-state index < -0.39 is 37.0 Å². The smallest absolute Gasteiger partial charge is 0.274 e. The Labute approximate surface area is 111 Å². The van der Waals surface area contributed by atoms with Crippen LogP contribution < -0.4 is 10.5 Å². The minimum atomic E-state index is -4.35. The Hall–Kier alpha value is -2.69. The van der Waals surface area contributed by atoms with Crippen molar-refractivity contribution in [2.24, 2.45) is 0 Å². The maximum absolute atomic E-state index is 13.8. The number of imidazole rings is 1. The Morgan fingerprint density at radius 3 is 2.65 bits per heavy atom. The molecule has 0 aliphatic carbocycles. The monoisotopic (exact) mass is 301 g/mol. The van der Waals surface area contributed by atoms with Gasteiger partial charge in [0.2, 0.25) is 5.95 Å². The number of halogens is 1. The molecule has 0 atom stereocenters. The first-order valence-electron chi connectivity index (χ1n) is 5.07. The molecule has 2 rings (SSSR count). The predicted octanol–water partition coefficient (Wildman–Crippen LogP) is 0.840. The highest BCUT2D eigenvalue weighted by Crippen LogP contribution is 2.28. The second-order valence-corrected chi connectivity index (χ2v) is 5.27. The van der Waals surface area contributed by atoms with Crippen molar-refractivity contribution in [1.82, 2.24) is 9.97 Å². The molecule has 0 amide bonds. The van der Waals surface area contributed by atoms with Crippen LogP contribution in [0.4, 0.5) is 21.7 Å². The van der Waals surface area contributed by atoms with Crippen LogP contribution in [-0.4, -0.2) is 23.3 Å². The molecule has 106 valence electrons. The van der Waals surface area contributed by atoms with Gasteiger partial charge in [-0.25, -0.2) is 22.5 Å². The largest absolute Gasteiger partial charge is 0.397 e. The fourth-order valence-electron chi connectivity index (χ4n) is 1.49. The van der Waals surface area contributed by atoms with Crippen molar-refractivity contribution in [2.45, 2.75) is 4.90 Å². The van der Waals surface area contributed by atoms with Gasteiger partial charge in [0.1, 0.15) is 4.90 Å². The number of rotatable bonds is 4. The van der Waals surface area contributed by atoms with Crippen molar-refractivity contribution < 1.29 is 17.7 Å². The molecule has 0 fully saturated rings. The van der Waals surface area contributed by atoms with Crippen molar-refractivity contribution in [2.75, 3.05) is 10.5 Å². The van der Waals surface area contributed by atoms with E-state index >= 15 is 0 Å². The van der Waals surface area contributed by atoms with Gasteiger partial charge in [-0.05, 0) is 0 Å². The highest BCUT2D eigenvalue weighted by atomic mass is 32.2. The number of nitro benzene ring substituents is 1. The molecule has 1 aromatic carbocycles. The third-order valence-corrected chi connectivity index (χ3v) is 3.70. The highest BCUT2D eigenvalue weighted by Gasteiger charge is 2.26. The number of H-pyrrole nitrogens is 1. The first-order chi connectivity index (χ1) is 9.31. The number of non-ortho nitro benzene ring substituents is 1. The quantitative estimate of drug-likeness (QED) is 0.433. The zero-order valence-corrected chi connectivity index (χ0v) is 10.5. The number of hydrogen-bond donors (Lipinski definition) is 3. The van der Waals surface area contributed by atoms with E-state index in [1.165, 1.54) is 12.4 Å². The molecule has 11 heteroatoms. The Morgan fingerprint density at radius 1 is 1.45 bits per heavy atom. The summed E-state index contributed by atoms with van der Waals surface area (Å²) in [6, 6.07) is 1.24. The maximum Gasteiger partial charge on any atom is 0.274 e. The SMILES string of the molecule is Nc1cc([N+](=O)[O-])cc(F)c1S(=O)(=O)Nc1ncc[nH]1. The third kappa shape index (κ3) is 2.51. The Kier molecular flexibility index (Phi) is 3.28. The lowest BCUT2D eigenvalue weighted by Crippen LogP contribution is -2.17. The van der Waals surface area contributed by atoms with E-state index in [1.807, 2.05) is 4.72 Å². The number of aromatic nitrogens is 2. The number of anilines is 2. The van der Waals surface area contributed by atoms with Crippen LogP contribution in [0.3, 0.4) is 0 Å². The maximum atomic E-state index is 13.8. The average molecular weight is 301 g/mol. The summed E-state index contributed by atoms with van der Waals surface area (Å²) in [5.41, 5.74) is 4.17. The fraction of sp³-hybridized carbons (Fsp3) is 0. The second kappa shape index (κ2) is 4.77. The van der Waals surface area contributed by atoms with Gasteiger partial charge in [-0.2, -0.15) is 0 Å². The van der Waals surface area contributed by atoms with Gasteiger partial charge in [0.25, 0.3) is 15.7 Å². The van der Waals surface area contributed by atoms with E-state index in [0.717, 1.165) is 6.07 Å². The number of nitrogens with one attached hydrogen (secondary N) is 2. The van der Waals surface area contributed by atoms with Crippen molar-refractivity contribution in [3.05, 3.63) is 40.5 Å². The first-order valence-corrected chi connectivity index (χ1v) is 6.55. The van der Waals surface area contributed by atoms with E-state index in [0.29, 0.717) is 6.07 Å². The van der Waals surface area contributed by atoms with Crippen LogP contribution in [0.2, 0.25) is 0 Å². The summed E-state index contributed by atoms with van der Waals surface area (Å²) in [5, 5.41) is 10.5. The zero-order chi connectivity index (χ0) is 14.9. The van der Waals surface area contributed by atoms with Crippen molar-refractivity contribution in [3.8, 4) is 0 Å². The number of nitrogens with zero attached hydrogens (tertiary/aromatic N) is 2. The molecule has 0 aliphatic rings. The van der Waals surface area contributed by atoms with E-state index in [-0.39, 0.29) is 5.95 Å². The van der Waals surface area contributed by atoms with Gasteiger partial charge in [0.15, 0.2) is 5.82 Å². The lowest BCUT2D eigenvalue weighted by Gasteiger charge is -2.09. The van der Waals surface area contributed by atoms with E-state index in [4.69, 9.17) is 5.73 Å². The molecule has 0 aliphatic heterocycles. The minimum Gasteiger partial charge on any atom is -0.397 e. The number of aromatic amines is 1. The summed E-state index contributed by atoms with van der Waals surface area (Å²) in [6.07, 6.45) is 2.64. The second-order valence-electron chi connectivity index (χ2n) is 3.65. The van der Waals surface area contributed by atoms with Crippen molar-refractivity contribution in [1.29, 1.82) is 0 Å². The summed E-state index contributed by atoms with van der Waals surface area (Å²) < 4.78 is 39.6. The molecule has 2 aromatic rings. The zero-order valence-electron chi connectivity index (χ0n) is 9.70. The molecule has 0 radical (unpaired) electrons. The molecule has 20 heavy (non-hydrogen) atoms. The van der Waals surface area contributed by atoms with Gasteiger partial charge in [0, 0.05) is 18.5 Å². The van der Waals surface area contributed by atoms with E-state index in [1.54, 1.807) is 0 Å². The van der Waals surface area contributed by atoms with Crippen LogP contribution in [0.1, 0.15) is 0 Å². The van der Waals surface area contributed by atoms with Crippen LogP contribution in [0.5, 0.6) is 0 Å². The standard InChI is InChI=1S/C9H8FN5O4S/c10-6-3-5(15(16)17)4-7(11)8(6)20(18,19)14-9-12-1-2-13-9/h1-4H,11H2,(H2,12,13,14). The minimum absolute atomic E-state index is 0.137. The molecule has 0 saturated heterocycles. The molecule has 0 unspecified atom stereocenters. The fourth-order valence-corrected chi connectivity index (χ4v) is 2.64. The van der Waals surface area contributed by atoms with Gasteiger partial charge in [-0.15, -0.1) is 0 Å². The van der Waals surface area contributed by atoms with Crippen molar-refractivity contribution >= 4 is 27.3 Å². The molecule has 1 aromatic heterocycles. The normalized spacial score (nSPS) is 11.2. The molecule has 0 spiro atoms. The Balaban J connectivity index is 2.49. The lowest BCUT2D eigenvalue weighted by atomic mass is 10.3. The number of nitro groups is 1. The highest BCUT2D eigenvalue weighted by molar-refractivity contribution is 7.92. The van der Waals surface area contributed by atoms with Gasteiger partial charge >= 0.3 is 0 Å². The number of nitrogen functional groups attached to an aromatic ring is 1. The molecule has 0 bridgehead atoms. The third-order valence-electron chi connectivity index (χ3n) is 2.27. The van der Waals surface area contributed by atoms with Gasteiger partial charge in [-0.1, -0.05) is 0 Å². The number of nitrogens with two attached hydrogens (primary N) is 1. The number of benzene rings is 1. The average Bonchev–Trinajstić information content (AvgIpc) is 2.79. The molecule has 9 nitrogen and oxygen atoms in total. The molecule has 0 saturated carbocycles. The molecular weight excluding hydrogens is 293 g/mol. The molecule has 4 N–H and O–H groups in total. The Bertz CT molecular complexity index is 736. The van der Waals surface area contributed by atoms with Gasteiger partial charge < -0.3 is 10.7 Å². The Morgan fingerprint density at radius 2 is 2.15 bits per heavy atom. The van der Waals surface area contributed by atoms with Crippen LogP contribution in [-0.2, 0) is 10.0 Å². The number of sulfonamides is 1. The first kappa shape index (κ1) is 13.7. The van der Waals surface area contributed by atoms with E-state index in [2.05, 4.69) is 9.97 Å². The molecular formula is C9H8FN5O4S.